The molecule has 0 saturated carbocycles. The smallest absolute Gasteiger partial charge is 0.302 e. The zero-order chi connectivity index (χ0) is 10.1. The summed E-state index contributed by atoms with van der Waals surface area (Å²) >= 11 is 0. The molecule has 0 spiro atoms. The van der Waals surface area contributed by atoms with E-state index in [0.717, 1.165) is 0 Å². The first-order chi connectivity index (χ1) is 6.70. The minimum Gasteiger partial charge on any atom is -0.369 e. The average Bonchev–Trinajstić information content (AvgIpc) is 2.16. The largest absolute Gasteiger partial charge is 0.369 e. The summed E-state index contributed by atoms with van der Waals surface area (Å²) in [6.45, 7) is 0. The van der Waals surface area contributed by atoms with Gasteiger partial charge in [-0.3, -0.25) is 15.5 Å². The fourth-order valence-electron chi connectivity index (χ4n) is 0.998. The Morgan fingerprint density at radius 3 is 3.00 bits per heavy atom. The number of nitrogens with two attached hydrogens (primary N) is 1. The summed E-state index contributed by atoms with van der Waals surface area (Å²) in [6.07, 6.45) is 1.20. The molecule has 0 aliphatic carbocycles. The first-order valence-electron chi connectivity index (χ1n) is 3.63. The van der Waals surface area contributed by atoms with Crippen molar-refractivity contribution in [2.75, 3.05) is 11.2 Å². The van der Waals surface area contributed by atoms with E-state index in [9.17, 15) is 4.79 Å². The molecule has 0 unspecified atom stereocenters. The van der Waals surface area contributed by atoms with Gasteiger partial charge in [-0.05, 0) is 0 Å². The molecule has 5 N–H and O–H groups in total. The molecule has 72 valence electrons. The van der Waals surface area contributed by atoms with Gasteiger partial charge in [0.1, 0.15) is 0 Å². The van der Waals surface area contributed by atoms with Crippen LogP contribution in [0.15, 0.2) is 11.0 Å². The summed E-state index contributed by atoms with van der Waals surface area (Å²) in [7, 11) is 0. The predicted octanol–water partition coefficient (Wildman–Crippen LogP) is -0.904. The van der Waals surface area contributed by atoms with Crippen LogP contribution in [-0.2, 0) is 0 Å². The van der Waals surface area contributed by atoms with Crippen molar-refractivity contribution < 1.29 is 5.21 Å². The third kappa shape index (κ3) is 1.23. The number of rotatable bonds is 1. The van der Waals surface area contributed by atoms with Crippen LogP contribution in [0.5, 0.6) is 0 Å². The topological polar surface area (TPSA) is 130 Å². The minimum absolute atomic E-state index is 0.0492. The maximum atomic E-state index is 11.2. The quantitative estimate of drug-likeness (QED) is 0.432. The van der Waals surface area contributed by atoms with E-state index in [0.29, 0.717) is 0 Å². The van der Waals surface area contributed by atoms with Crippen LogP contribution in [0.25, 0.3) is 11.2 Å². The molecule has 0 atom stereocenters. The molecule has 0 fully saturated rings. The molecule has 0 bridgehead atoms. The van der Waals surface area contributed by atoms with Crippen LogP contribution < -0.4 is 16.8 Å². The summed E-state index contributed by atoms with van der Waals surface area (Å²) in [5.41, 5.74) is 6.77. The Balaban J connectivity index is 2.82. The van der Waals surface area contributed by atoms with E-state index in [4.69, 9.17) is 10.9 Å². The van der Waals surface area contributed by atoms with Gasteiger partial charge in [-0.2, -0.15) is 4.98 Å². The second-order valence-electron chi connectivity index (χ2n) is 2.49. The Bertz CT molecular complexity index is 535. The van der Waals surface area contributed by atoms with Gasteiger partial charge >= 0.3 is 5.56 Å². The molecule has 0 aliphatic heterocycles. The fourth-order valence-corrected chi connectivity index (χ4v) is 0.998. The van der Waals surface area contributed by atoms with Gasteiger partial charge in [-0.15, -0.1) is 0 Å². The molecule has 8 nitrogen and oxygen atoms in total. The first-order valence-corrected chi connectivity index (χ1v) is 3.63. The van der Waals surface area contributed by atoms with E-state index in [1.54, 1.807) is 5.48 Å². The second kappa shape index (κ2) is 2.92. The zero-order valence-electron chi connectivity index (χ0n) is 6.85. The molecular formula is C6H6N6O2. The average molecular weight is 194 g/mol. The molecular weight excluding hydrogens is 188 g/mol. The normalized spacial score (nSPS) is 10.4. The van der Waals surface area contributed by atoms with Crippen LogP contribution in [0.1, 0.15) is 0 Å². The van der Waals surface area contributed by atoms with Crippen LogP contribution in [-0.4, -0.2) is 25.1 Å². The van der Waals surface area contributed by atoms with E-state index in [1.165, 1.54) is 6.20 Å². The summed E-state index contributed by atoms with van der Waals surface area (Å²) in [4.78, 5) is 24.8. The number of aromatic nitrogens is 4. The van der Waals surface area contributed by atoms with Crippen LogP contribution in [0.3, 0.4) is 0 Å². The van der Waals surface area contributed by atoms with Crippen LogP contribution in [0.2, 0.25) is 0 Å². The molecule has 2 aromatic rings. The van der Waals surface area contributed by atoms with Gasteiger partial charge in [0.05, 0.1) is 6.20 Å². The van der Waals surface area contributed by atoms with Crippen molar-refractivity contribution in [1.82, 2.24) is 19.9 Å². The fraction of sp³-hybridized carbons (Fsp3) is 0. The van der Waals surface area contributed by atoms with Gasteiger partial charge in [0.15, 0.2) is 17.0 Å². The van der Waals surface area contributed by atoms with Crippen molar-refractivity contribution in [3.05, 3.63) is 16.6 Å². The highest BCUT2D eigenvalue weighted by Gasteiger charge is 2.04. The maximum absolute atomic E-state index is 11.2. The summed E-state index contributed by atoms with van der Waals surface area (Å²) in [6, 6.07) is 0. The summed E-state index contributed by atoms with van der Waals surface area (Å²) in [5, 5.41) is 8.54. The number of anilines is 2. The number of aromatic amines is 1. The van der Waals surface area contributed by atoms with Crippen molar-refractivity contribution >= 4 is 22.9 Å². The highest BCUT2D eigenvalue weighted by atomic mass is 16.5. The summed E-state index contributed by atoms with van der Waals surface area (Å²) in [5.74, 6) is 0.0608. The number of hydrogen-bond donors (Lipinski definition) is 4. The standard InChI is InChI=1S/C6H6N6O2/c7-6-10-4-3(5(13)11-6)8-1-2(9-4)12-14/h1,14H,(H4,7,9,10,11,12,13). The molecule has 0 amide bonds. The Morgan fingerprint density at radius 2 is 2.29 bits per heavy atom. The molecule has 0 aromatic carbocycles. The SMILES string of the molecule is Nc1nc(=O)c2ncc(NO)nc2[nH]1. The minimum atomic E-state index is -0.562. The Morgan fingerprint density at radius 1 is 1.50 bits per heavy atom. The molecule has 2 aromatic heterocycles. The molecule has 14 heavy (non-hydrogen) atoms. The lowest BCUT2D eigenvalue weighted by atomic mass is 10.5. The van der Waals surface area contributed by atoms with Gasteiger partial charge in [-0.1, -0.05) is 0 Å². The van der Waals surface area contributed by atoms with E-state index in [1.807, 2.05) is 0 Å². The lowest BCUT2D eigenvalue weighted by Gasteiger charge is -1.99. The summed E-state index contributed by atoms with van der Waals surface area (Å²) < 4.78 is 0. The molecule has 0 radical (unpaired) electrons. The van der Waals surface area contributed by atoms with Crippen molar-refractivity contribution in [3.63, 3.8) is 0 Å². The van der Waals surface area contributed by atoms with E-state index >= 15 is 0 Å². The zero-order valence-corrected chi connectivity index (χ0v) is 6.85. The lowest BCUT2D eigenvalue weighted by molar-refractivity contribution is 0.386. The van der Waals surface area contributed by atoms with Crippen LogP contribution >= 0.6 is 0 Å². The Hall–Kier alpha value is -2.22. The highest BCUT2D eigenvalue weighted by Crippen LogP contribution is 2.05. The van der Waals surface area contributed by atoms with Crippen molar-refractivity contribution in [2.24, 2.45) is 0 Å². The lowest BCUT2D eigenvalue weighted by Crippen LogP contribution is -2.13. The second-order valence-corrected chi connectivity index (χ2v) is 2.49. The van der Waals surface area contributed by atoms with E-state index in [-0.39, 0.29) is 22.9 Å². The van der Waals surface area contributed by atoms with E-state index in [2.05, 4.69) is 19.9 Å². The number of H-pyrrole nitrogens is 1. The number of nitrogen functional groups attached to an aromatic ring is 1. The number of hydrogen-bond acceptors (Lipinski definition) is 7. The molecule has 0 aliphatic rings. The third-order valence-electron chi connectivity index (χ3n) is 1.56. The first kappa shape index (κ1) is 8.38. The predicted molar refractivity (Wildman–Crippen MR) is 47.8 cm³/mol. The maximum Gasteiger partial charge on any atom is 0.302 e. The van der Waals surface area contributed by atoms with Crippen molar-refractivity contribution in [2.45, 2.75) is 0 Å². The molecule has 2 heterocycles. The van der Waals surface area contributed by atoms with Gasteiger partial charge in [-0.25, -0.2) is 9.97 Å². The van der Waals surface area contributed by atoms with Gasteiger partial charge in [0, 0.05) is 0 Å². The molecule has 8 heteroatoms. The van der Waals surface area contributed by atoms with Gasteiger partial charge in [0.2, 0.25) is 5.95 Å². The van der Waals surface area contributed by atoms with Crippen molar-refractivity contribution in [3.8, 4) is 0 Å². The van der Waals surface area contributed by atoms with Crippen molar-refractivity contribution in [1.29, 1.82) is 0 Å². The third-order valence-corrected chi connectivity index (χ3v) is 1.56. The van der Waals surface area contributed by atoms with Crippen LogP contribution in [0.4, 0.5) is 11.8 Å². The van der Waals surface area contributed by atoms with E-state index < -0.39 is 5.56 Å². The number of fused-ring (bicyclic) bond motifs is 1. The monoisotopic (exact) mass is 194 g/mol. The number of nitrogens with one attached hydrogen (secondary N) is 2. The molecule has 2 rings (SSSR count). The van der Waals surface area contributed by atoms with Crippen LogP contribution in [0, 0.1) is 0 Å². The highest BCUT2D eigenvalue weighted by molar-refractivity contribution is 5.70. The van der Waals surface area contributed by atoms with Gasteiger partial charge < -0.3 is 10.7 Å². The molecule has 0 saturated heterocycles. The Labute approximate surface area is 76.8 Å². The number of nitrogens with zero attached hydrogens (tertiary/aromatic N) is 3. The van der Waals surface area contributed by atoms with Gasteiger partial charge in [0.25, 0.3) is 0 Å². The Kier molecular flexibility index (Phi) is 1.75.